The molecule has 5 heteroatoms. The number of carbonyl (C=O) groups is 1. The van der Waals surface area contributed by atoms with Crippen LogP contribution in [0, 0.1) is 5.92 Å². The molecule has 1 aliphatic carbocycles. The van der Waals surface area contributed by atoms with Crippen LogP contribution in [-0.2, 0) is 6.54 Å². The van der Waals surface area contributed by atoms with E-state index >= 15 is 0 Å². The van der Waals surface area contributed by atoms with Gasteiger partial charge in [-0.25, -0.2) is 0 Å². The summed E-state index contributed by atoms with van der Waals surface area (Å²) in [5, 5.41) is 3.01. The Morgan fingerprint density at radius 3 is 2.50 bits per heavy atom. The first-order valence-corrected chi connectivity index (χ1v) is 7.35. The van der Waals surface area contributed by atoms with Gasteiger partial charge < -0.3 is 15.5 Å². The molecule has 0 unspecified atom stereocenters. The smallest absolute Gasteiger partial charge is 0.254 e. The molecule has 0 bridgehead atoms. The van der Waals surface area contributed by atoms with E-state index < -0.39 is 0 Å². The van der Waals surface area contributed by atoms with Crippen LogP contribution in [0.15, 0.2) is 16.7 Å². The average Bonchev–Trinajstić information content (AvgIpc) is 2.86. The zero-order chi connectivity index (χ0) is 13.5. The van der Waals surface area contributed by atoms with E-state index in [4.69, 9.17) is 10.2 Å². The second kappa shape index (κ2) is 9.03. The van der Waals surface area contributed by atoms with E-state index in [0.717, 1.165) is 6.54 Å². The van der Waals surface area contributed by atoms with E-state index in [-0.39, 0.29) is 18.3 Å². The Kier molecular flexibility index (Phi) is 7.70. The van der Waals surface area contributed by atoms with Gasteiger partial charge in [-0.15, -0.1) is 12.4 Å². The van der Waals surface area contributed by atoms with Gasteiger partial charge in [-0.3, -0.25) is 4.79 Å². The standard InChI is InChI=1S/C15H24N2O2.ClH/c16-9-14-8-13(11-19-14)15(18)17-10-12-6-4-2-1-3-5-7-12;/h8,11-12H,1-7,9-10,16H2,(H,17,18);1H. The van der Waals surface area contributed by atoms with E-state index in [2.05, 4.69) is 5.32 Å². The average molecular weight is 301 g/mol. The van der Waals surface area contributed by atoms with E-state index in [1.165, 1.54) is 51.2 Å². The van der Waals surface area contributed by atoms with Gasteiger partial charge in [0.1, 0.15) is 12.0 Å². The molecule has 0 aromatic carbocycles. The number of nitrogens with two attached hydrogens (primary N) is 1. The second-order valence-electron chi connectivity index (χ2n) is 5.43. The Morgan fingerprint density at radius 2 is 1.90 bits per heavy atom. The maximum Gasteiger partial charge on any atom is 0.254 e. The van der Waals surface area contributed by atoms with Gasteiger partial charge in [0.25, 0.3) is 5.91 Å². The molecule has 114 valence electrons. The molecule has 3 N–H and O–H groups in total. The molecule has 0 atom stereocenters. The Labute approximate surface area is 126 Å². The minimum absolute atomic E-state index is 0. The van der Waals surface area contributed by atoms with Crippen molar-refractivity contribution in [3.05, 3.63) is 23.7 Å². The van der Waals surface area contributed by atoms with Crippen molar-refractivity contribution >= 4 is 18.3 Å². The highest BCUT2D eigenvalue weighted by molar-refractivity contribution is 5.93. The van der Waals surface area contributed by atoms with Crippen molar-refractivity contribution in [2.75, 3.05) is 6.54 Å². The number of halogens is 1. The minimum atomic E-state index is -0.0505. The summed E-state index contributed by atoms with van der Waals surface area (Å²) in [7, 11) is 0. The van der Waals surface area contributed by atoms with Crippen LogP contribution in [0.1, 0.15) is 61.1 Å². The number of carbonyl (C=O) groups excluding carboxylic acids is 1. The molecule has 1 fully saturated rings. The van der Waals surface area contributed by atoms with Crippen LogP contribution in [0.3, 0.4) is 0 Å². The highest BCUT2D eigenvalue weighted by Crippen LogP contribution is 2.21. The predicted octanol–water partition coefficient (Wildman–Crippen LogP) is 3.25. The van der Waals surface area contributed by atoms with Gasteiger partial charge in [-0.1, -0.05) is 32.1 Å². The summed E-state index contributed by atoms with van der Waals surface area (Å²) in [6, 6.07) is 1.72. The lowest BCUT2D eigenvalue weighted by Crippen LogP contribution is -2.29. The molecular weight excluding hydrogens is 276 g/mol. The number of rotatable bonds is 4. The zero-order valence-corrected chi connectivity index (χ0v) is 12.7. The third kappa shape index (κ3) is 5.17. The van der Waals surface area contributed by atoms with Crippen molar-refractivity contribution < 1.29 is 9.21 Å². The van der Waals surface area contributed by atoms with Crippen molar-refractivity contribution in [1.82, 2.24) is 5.32 Å². The van der Waals surface area contributed by atoms with Gasteiger partial charge in [0.15, 0.2) is 0 Å². The van der Waals surface area contributed by atoms with Crippen molar-refractivity contribution in [3.63, 3.8) is 0 Å². The van der Waals surface area contributed by atoms with Crippen LogP contribution in [-0.4, -0.2) is 12.5 Å². The van der Waals surface area contributed by atoms with Crippen molar-refractivity contribution in [2.45, 2.75) is 51.5 Å². The highest BCUT2D eigenvalue weighted by Gasteiger charge is 2.14. The van der Waals surface area contributed by atoms with Gasteiger partial charge >= 0.3 is 0 Å². The molecular formula is C15H25ClN2O2. The fourth-order valence-corrected chi connectivity index (χ4v) is 2.69. The lowest BCUT2D eigenvalue weighted by molar-refractivity contribution is 0.0944. The largest absolute Gasteiger partial charge is 0.467 e. The van der Waals surface area contributed by atoms with Crippen LogP contribution in [0.4, 0.5) is 0 Å². The molecule has 0 radical (unpaired) electrons. The SMILES string of the molecule is Cl.NCc1cc(C(=O)NCC2CCCCCCC2)co1. The minimum Gasteiger partial charge on any atom is -0.467 e. The third-order valence-electron chi connectivity index (χ3n) is 3.89. The first kappa shape index (κ1) is 17.1. The van der Waals surface area contributed by atoms with E-state index in [1.54, 1.807) is 6.07 Å². The first-order chi connectivity index (χ1) is 9.29. The summed E-state index contributed by atoms with van der Waals surface area (Å²) in [6.45, 7) is 1.11. The third-order valence-corrected chi connectivity index (χ3v) is 3.89. The monoisotopic (exact) mass is 300 g/mol. The molecule has 4 nitrogen and oxygen atoms in total. The van der Waals surface area contributed by atoms with Gasteiger partial charge in [0, 0.05) is 6.54 Å². The summed E-state index contributed by atoms with van der Waals surface area (Å²) in [5.41, 5.74) is 6.04. The lowest BCUT2D eigenvalue weighted by Gasteiger charge is -2.19. The fraction of sp³-hybridized carbons (Fsp3) is 0.667. The van der Waals surface area contributed by atoms with E-state index in [0.29, 0.717) is 23.8 Å². The molecule has 0 saturated heterocycles. The highest BCUT2D eigenvalue weighted by atomic mass is 35.5. The first-order valence-electron chi connectivity index (χ1n) is 7.35. The number of hydrogen-bond donors (Lipinski definition) is 2. The maximum absolute atomic E-state index is 12.0. The summed E-state index contributed by atoms with van der Waals surface area (Å²) in [4.78, 5) is 12.0. The molecule has 20 heavy (non-hydrogen) atoms. The second-order valence-corrected chi connectivity index (χ2v) is 5.43. The molecule has 0 aliphatic heterocycles. The topological polar surface area (TPSA) is 68.3 Å². The number of hydrogen-bond acceptors (Lipinski definition) is 3. The molecule has 1 aromatic rings. The quantitative estimate of drug-likeness (QED) is 0.897. The Balaban J connectivity index is 0.00000200. The molecule has 0 spiro atoms. The molecule has 2 rings (SSSR count). The van der Waals surface area contributed by atoms with Gasteiger partial charge in [0.2, 0.25) is 0 Å². The van der Waals surface area contributed by atoms with Crippen LogP contribution in [0.25, 0.3) is 0 Å². The summed E-state index contributed by atoms with van der Waals surface area (Å²) >= 11 is 0. The number of furan rings is 1. The molecule has 1 heterocycles. The Hall–Kier alpha value is -1.00. The van der Waals surface area contributed by atoms with Gasteiger partial charge in [-0.2, -0.15) is 0 Å². The van der Waals surface area contributed by atoms with Crippen molar-refractivity contribution in [2.24, 2.45) is 11.7 Å². The van der Waals surface area contributed by atoms with Crippen LogP contribution in [0.5, 0.6) is 0 Å². The lowest BCUT2D eigenvalue weighted by atomic mass is 9.91. The van der Waals surface area contributed by atoms with Gasteiger partial charge in [0.05, 0.1) is 12.1 Å². The summed E-state index contributed by atoms with van der Waals surface area (Å²) < 4.78 is 5.18. The van der Waals surface area contributed by atoms with Crippen LogP contribution < -0.4 is 11.1 Å². The van der Waals surface area contributed by atoms with Crippen LogP contribution >= 0.6 is 12.4 Å². The van der Waals surface area contributed by atoms with Crippen LogP contribution in [0.2, 0.25) is 0 Å². The zero-order valence-electron chi connectivity index (χ0n) is 11.9. The van der Waals surface area contributed by atoms with Gasteiger partial charge in [-0.05, 0) is 24.8 Å². The van der Waals surface area contributed by atoms with E-state index in [9.17, 15) is 4.79 Å². The predicted molar refractivity (Wildman–Crippen MR) is 82.0 cm³/mol. The fourth-order valence-electron chi connectivity index (χ4n) is 2.69. The van der Waals surface area contributed by atoms with E-state index in [1.807, 2.05) is 0 Å². The molecule has 1 saturated carbocycles. The molecule has 1 aromatic heterocycles. The number of nitrogens with one attached hydrogen (secondary N) is 1. The summed E-state index contributed by atoms with van der Waals surface area (Å²) in [5.74, 6) is 1.23. The van der Waals surface area contributed by atoms with Crippen molar-refractivity contribution in [1.29, 1.82) is 0 Å². The normalized spacial score (nSPS) is 16.9. The Morgan fingerprint density at radius 1 is 1.25 bits per heavy atom. The Bertz CT molecular complexity index is 398. The van der Waals surface area contributed by atoms with Crippen molar-refractivity contribution in [3.8, 4) is 0 Å². The maximum atomic E-state index is 12.0. The summed E-state index contributed by atoms with van der Waals surface area (Å²) in [6.07, 6.45) is 10.6. The number of amides is 1. The molecule has 1 aliphatic rings. The molecule has 1 amide bonds.